The first-order chi connectivity index (χ1) is 8.73. The lowest BCUT2D eigenvalue weighted by atomic mass is 9.95. The smallest absolute Gasteiger partial charge is 0.339 e. The third kappa shape index (κ3) is 6.13. The first-order valence-electron chi connectivity index (χ1n) is 5.47. The summed E-state index contributed by atoms with van der Waals surface area (Å²) in [5, 5.41) is 19.0. The van der Waals surface area contributed by atoms with Gasteiger partial charge in [-0.15, -0.1) is 5.06 Å². The molecule has 9 nitrogen and oxygen atoms in total. The van der Waals surface area contributed by atoms with E-state index in [1.165, 1.54) is 14.1 Å². The number of carbonyl (C=O) groups excluding carboxylic acids is 1. The van der Waals surface area contributed by atoms with Crippen molar-refractivity contribution < 1.29 is 34.3 Å². The van der Waals surface area contributed by atoms with Crippen LogP contribution in [0.3, 0.4) is 0 Å². The van der Waals surface area contributed by atoms with Crippen LogP contribution >= 0.6 is 0 Å². The molecule has 19 heavy (non-hydrogen) atoms. The molecule has 0 rings (SSSR count). The highest BCUT2D eigenvalue weighted by Gasteiger charge is 2.45. The highest BCUT2D eigenvalue weighted by Crippen LogP contribution is 2.21. The Kier molecular flexibility index (Phi) is 6.98. The summed E-state index contributed by atoms with van der Waals surface area (Å²) >= 11 is 0. The largest absolute Gasteiger partial charge is 0.481 e. The van der Waals surface area contributed by atoms with Crippen LogP contribution < -0.4 is 5.48 Å². The molecule has 1 atom stereocenters. The lowest BCUT2D eigenvalue weighted by Crippen LogP contribution is -2.49. The van der Waals surface area contributed by atoms with Gasteiger partial charge < -0.3 is 15.1 Å². The minimum atomic E-state index is -2.21. The standard InChI is InChI=1S/C10H18N2O7/c1-4-11-19-10(9(16)17,5-7(13)14)6-8(15)18-12(2)3/h11H,4-6H2,1-3H3,(H,13,14)(H,16,17). The zero-order chi connectivity index (χ0) is 15.1. The molecule has 0 aliphatic heterocycles. The number of hydrogen-bond donors (Lipinski definition) is 3. The summed E-state index contributed by atoms with van der Waals surface area (Å²) in [4.78, 5) is 43.0. The van der Waals surface area contributed by atoms with Crippen molar-refractivity contribution in [1.29, 1.82) is 0 Å². The van der Waals surface area contributed by atoms with E-state index in [-0.39, 0.29) is 6.54 Å². The normalized spacial score (nSPS) is 13.9. The van der Waals surface area contributed by atoms with Crippen LogP contribution in [0.2, 0.25) is 0 Å². The van der Waals surface area contributed by atoms with Crippen molar-refractivity contribution in [2.75, 3.05) is 20.6 Å². The molecule has 110 valence electrons. The van der Waals surface area contributed by atoms with Gasteiger partial charge in [0.15, 0.2) is 0 Å². The number of carboxylic acid groups (broad SMARTS) is 2. The monoisotopic (exact) mass is 278 g/mol. The molecule has 0 aromatic heterocycles. The van der Waals surface area contributed by atoms with Crippen molar-refractivity contribution in [2.45, 2.75) is 25.4 Å². The molecule has 0 aromatic carbocycles. The molecule has 0 fully saturated rings. The number of aliphatic carboxylic acids is 2. The van der Waals surface area contributed by atoms with Gasteiger partial charge in [0.1, 0.15) is 0 Å². The van der Waals surface area contributed by atoms with Gasteiger partial charge in [0, 0.05) is 20.6 Å². The summed E-state index contributed by atoms with van der Waals surface area (Å²) in [6.45, 7) is 1.88. The molecule has 3 N–H and O–H groups in total. The van der Waals surface area contributed by atoms with Crippen molar-refractivity contribution in [3.05, 3.63) is 0 Å². The maximum absolute atomic E-state index is 11.5. The van der Waals surface area contributed by atoms with Crippen LogP contribution in [0.5, 0.6) is 0 Å². The topological polar surface area (TPSA) is 125 Å². The third-order valence-corrected chi connectivity index (χ3v) is 1.95. The molecular weight excluding hydrogens is 260 g/mol. The fraction of sp³-hybridized carbons (Fsp3) is 0.700. The van der Waals surface area contributed by atoms with E-state index in [1.807, 2.05) is 0 Å². The Morgan fingerprint density at radius 2 is 1.79 bits per heavy atom. The lowest BCUT2D eigenvalue weighted by Gasteiger charge is -2.26. The van der Waals surface area contributed by atoms with Crippen molar-refractivity contribution in [3.63, 3.8) is 0 Å². The number of rotatable bonds is 9. The second kappa shape index (κ2) is 7.67. The molecule has 0 spiro atoms. The average molecular weight is 278 g/mol. The summed E-state index contributed by atoms with van der Waals surface area (Å²) in [7, 11) is 2.87. The molecule has 0 saturated carbocycles. The van der Waals surface area contributed by atoms with Gasteiger partial charge in [0.2, 0.25) is 5.60 Å². The van der Waals surface area contributed by atoms with Gasteiger partial charge in [-0.3, -0.25) is 14.4 Å². The van der Waals surface area contributed by atoms with Gasteiger partial charge >= 0.3 is 17.9 Å². The quantitative estimate of drug-likeness (QED) is 0.466. The van der Waals surface area contributed by atoms with E-state index in [0.717, 1.165) is 5.06 Å². The van der Waals surface area contributed by atoms with Crippen LogP contribution in [-0.2, 0) is 24.1 Å². The predicted molar refractivity (Wildman–Crippen MR) is 61.8 cm³/mol. The van der Waals surface area contributed by atoms with Crippen LogP contribution in [0.1, 0.15) is 19.8 Å². The average Bonchev–Trinajstić information content (AvgIpc) is 2.23. The van der Waals surface area contributed by atoms with Crippen LogP contribution in [0.25, 0.3) is 0 Å². The van der Waals surface area contributed by atoms with E-state index in [1.54, 1.807) is 6.92 Å². The Morgan fingerprint density at radius 1 is 1.21 bits per heavy atom. The zero-order valence-electron chi connectivity index (χ0n) is 11.0. The fourth-order valence-electron chi connectivity index (χ4n) is 1.25. The third-order valence-electron chi connectivity index (χ3n) is 1.95. The van der Waals surface area contributed by atoms with Gasteiger partial charge in [-0.05, 0) is 0 Å². The molecule has 9 heteroatoms. The van der Waals surface area contributed by atoms with E-state index in [2.05, 4.69) is 10.3 Å². The Hall–Kier alpha value is -1.71. The molecule has 0 bridgehead atoms. The maximum atomic E-state index is 11.5. The van der Waals surface area contributed by atoms with Gasteiger partial charge in [0.25, 0.3) is 0 Å². The van der Waals surface area contributed by atoms with E-state index in [4.69, 9.17) is 15.1 Å². The molecular formula is C10H18N2O7. The van der Waals surface area contributed by atoms with Crippen LogP contribution in [0.4, 0.5) is 0 Å². The fourth-order valence-corrected chi connectivity index (χ4v) is 1.25. The van der Waals surface area contributed by atoms with Crippen LogP contribution in [0.15, 0.2) is 0 Å². The number of hydrogen-bond acceptors (Lipinski definition) is 7. The lowest BCUT2D eigenvalue weighted by molar-refractivity contribution is -0.201. The number of carboxylic acids is 2. The van der Waals surface area contributed by atoms with E-state index < -0.39 is 36.4 Å². The zero-order valence-corrected chi connectivity index (χ0v) is 11.0. The molecule has 1 unspecified atom stereocenters. The molecule has 0 amide bonds. The summed E-state index contributed by atoms with van der Waals surface area (Å²) in [6.07, 6.45) is -1.61. The predicted octanol–water partition coefficient (Wildman–Crippen LogP) is -0.764. The summed E-state index contributed by atoms with van der Waals surface area (Å²) < 4.78 is 0. The minimum Gasteiger partial charge on any atom is -0.481 e. The Labute approximate surface area is 110 Å². The van der Waals surface area contributed by atoms with Gasteiger partial charge in [0.05, 0.1) is 12.8 Å². The minimum absolute atomic E-state index is 0.247. The second-order valence-electron chi connectivity index (χ2n) is 3.92. The van der Waals surface area contributed by atoms with Crippen LogP contribution in [0, 0.1) is 0 Å². The number of hydroxylamine groups is 3. The van der Waals surface area contributed by atoms with Crippen molar-refractivity contribution in [3.8, 4) is 0 Å². The SMILES string of the molecule is CCNOC(CC(=O)O)(CC(=O)ON(C)C)C(=O)O. The van der Waals surface area contributed by atoms with E-state index in [0.29, 0.717) is 0 Å². The summed E-state index contributed by atoms with van der Waals surface area (Å²) in [6, 6.07) is 0. The number of nitrogens with zero attached hydrogens (tertiary/aromatic N) is 1. The van der Waals surface area contributed by atoms with Crippen molar-refractivity contribution >= 4 is 17.9 Å². The maximum Gasteiger partial charge on any atom is 0.339 e. The first-order valence-corrected chi connectivity index (χ1v) is 5.47. The number of carbonyl (C=O) groups is 3. The van der Waals surface area contributed by atoms with Gasteiger partial charge in [-0.1, -0.05) is 6.92 Å². The van der Waals surface area contributed by atoms with Crippen molar-refractivity contribution in [2.24, 2.45) is 0 Å². The Balaban J connectivity index is 5.03. The summed E-state index contributed by atoms with van der Waals surface area (Å²) in [5.74, 6) is -3.88. The van der Waals surface area contributed by atoms with E-state index in [9.17, 15) is 14.4 Å². The van der Waals surface area contributed by atoms with Crippen molar-refractivity contribution in [1.82, 2.24) is 10.5 Å². The Morgan fingerprint density at radius 3 is 2.16 bits per heavy atom. The molecule has 0 aromatic rings. The molecule has 0 aliphatic rings. The van der Waals surface area contributed by atoms with Gasteiger partial charge in [-0.25, -0.2) is 10.3 Å². The van der Waals surface area contributed by atoms with Gasteiger partial charge in [-0.2, -0.15) is 0 Å². The van der Waals surface area contributed by atoms with E-state index >= 15 is 0 Å². The first kappa shape index (κ1) is 17.3. The molecule has 0 heterocycles. The molecule has 0 saturated heterocycles. The number of nitrogens with one attached hydrogen (secondary N) is 1. The van der Waals surface area contributed by atoms with Crippen LogP contribution in [-0.4, -0.2) is 59.4 Å². The summed E-state index contributed by atoms with van der Waals surface area (Å²) in [5.41, 5.74) is 0.0557. The highest BCUT2D eigenvalue weighted by atomic mass is 16.7. The second-order valence-corrected chi connectivity index (χ2v) is 3.92. The molecule has 0 aliphatic carbocycles. The molecule has 0 radical (unpaired) electrons. The Bertz CT molecular complexity index is 345. The highest BCUT2D eigenvalue weighted by molar-refractivity contribution is 5.88.